The maximum absolute atomic E-state index is 12.4. The number of ether oxygens (including phenoxy) is 2. The van der Waals surface area contributed by atoms with Gasteiger partial charge in [0.25, 0.3) is 5.91 Å². The second-order valence-corrected chi connectivity index (χ2v) is 6.02. The van der Waals surface area contributed by atoms with Crippen LogP contribution in [-0.2, 0) is 11.2 Å². The van der Waals surface area contributed by atoms with Gasteiger partial charge in [-0.25, -0.2) is 0 Å². The molecule has 0 fully saturated rings. The standard InChI is InChI=1S/C21H26N2O4/c1-5-16-6-9-18(10-7-16)23(15(2)24)13-12-22-21(25)17-8-11-19(26-3)20(14-17)27-4/h6-11,14H,5,12-13H2,1-4H3,(H,22,25). The molecule has 0 saturated carbocycles. The molecule has 2 aromatic rings. The van der Waals surface area contributed by atoms with Crippen molar-refractivity contribution in [3.05, 3.63) is 53.6 Å². The van der Waals surface area contributed by atoms with Crippen LogP contribution < -0.4 is 19.7 Å². The van der Waals surface area contributed by atoms with Gasteiger partial charge in [-0.3, -0.25) is 9.59 Å². The van der Waals surface area contributed by atoms with Gasteiger partial charge in [-0.2, -0.15) is 0 Å². The molecule has 2 rings (SSSR count). The Kier molecular flexibility index (Phi) is 7.23. The third-order valence-electron chi connectivity index (χ3n) is 4.30. The van der Waals surface area contributed by atoms with Crippen molar-refractivity contribution in [2.75, 3.05) is 32.2 Å². The molecule has 0 aromatic heterocycles. The van der Waals surface area contributed by atoms with Gasteiger partial charge in [0.05, 0.1) is 14.2 Å². The highest BCUT2D eigenvalue weighted by Gasteiger charge is 2.14. The quantitative estimate of drug-likeness (QED) is 0.775. The average molecular weight is 370 g/mol. The normalized spacial score (nSPS) is 10.2. The van der Waals surface area contributed by atoms with E-state index in [2.05, 4.69) is 12.2 Å². The highest BCUT2D eigenvalue weighted by Crippen LogP contribution is 2.27. The van der Waals surface area contributed by atoms with Crippen molar-refractivity contribution in [1.82, 2.24) is 5.32 Å². The predicted molar refractivity (Wildman–Crippen MR) is 106 cm³/mol. The van der Waals surface area contributed by atoms with Crippen molar-refractivity contribution in [1.29, 1.82) is 0 Å². The molecule has 0 bridgehead atoms. The third kappa shape index (κ3) is 5.23. The first-order chi connectivity index (χ1) is 13.0. The van der Waals surface area contributed by atoms with Crippen molar-refractivity contribution in [3.63, 3.8) is 0 Å². The van der Waals surface area contributed by atoms with E-state index in [1.165, 1.54) is 19.6 Å². The second-order valence-electron chi connectivity index (χ2n) is 6.02. The van der Waals surface area contributed by atoms with E-state index in [1.54, 1.807) is 30.2 Å². The summed E-state index contributed by atoms with van der Waals surface area (Å²) in [6.45, 7) is 4.33. The van der Waals surface area contributed by atoms with Crippen molar-refractivity contribution in [2.45, 2.75) is 20.3 Å². The van der Waals surface area contributed by atoms with Gasteiger partial charge in [0.2, 0.25) is 5.91 Å². The maximum atomic E-state index is 12.4. The Hall–Kier alpha value is -3.02. The van der Waals surface area contributed by atoms with E-state index in [9.17, 15) is 9.59 Å². The number of anilines is 1. The lowest BCUT2D eigenvalue weighted by molar-refractivity contribution is -0.116. The lowest BCUT2D eigenvalue weighted by atomic mass is 10.1. The zero-order valence-electron chi connectivity index (χ0n) is 16.2. The minimum absolute atomic E-state index is 0.0698. The first kappa shape index (κ1) is 20.3. The van der Waals surface area contributed by atoms with Gasteiger partial charge in [0.1, 0.15) is 0 Å². The lowest BCUT2D eigenvalue weighted by Gasteiger charge is -2.21. The van der Waals surface area contributed by atoms with Gasteiger partial charge < -0.3 is 19.7 Å². The van der Waals surface area contributed by atoms with Crippen LogP contribution in [-0.4, -0.2) is 39.1 Å². The summed E-state index contributed by atoms with van der Waals surface area (Å²) in [5.41, 5.74) is 2.50. The Morgan fingerprint density at radius 2 is 1.67 bits per heavy atom. The van der Waals surface area contributed by atoms with Crippen LogP contribution in [0.4, 0.5) is 5.69 Å². The molecule has 144 valence electrons. The van der Waals surface area contributed by atoms with Crippen LogP contribution in [0.15, 0.2) is 42.5 Å². The fourth-order valence-corrected chi connectivity index (χ4v) is 2.74. The number of nitrogens with zero attached hydrogens (tertiary/aromatic N) is 1. The molecule has 0 saturated heterocycles. The van der Waals surface area contributed by atoms with Crippen molar-refractivity contribution < 1.29 is 19.1 Å². The summed E-state index contributed by atoms with van der Waals surface area (Å²) >= 11 is 0. The number of aryl methyl sites for hydroxylation is 1. The molecule has 2 aromatic carbocycles. The van der Waals surface area contributed by atoms with Crippen LogP contribution in [0.1, 0.15) is 29.8 Å². The Labute approximate surface area is 160 Å². The molecule has 0 heterocycles. The fraction of sp³-hybridized carbons (Fsp3) is 0.333. The maximum Gasteiger partial charge on any atom is 0.251 e. The molecule has 0 spiro atoms. The molecule has 6 nitrogen and oxygen atoms in total. The Morgan fingerprint density at radius 3 is 2.22 bits per heavy atom. The predicted octanol–water partition coefficient (Wildman–Crippen LogP) is 3.05. The summed E-state index contributed by atoms with van der Waals surface area (Å²) in [6.07, 6.45) is 0.946. The van der Waals surface area contributed by atoms with Crippen molar-refractivity contribution in [3.8, 4) is 11.5 Å². The molecule has 0 unspecified atom stereocenters. The third-order valence-corrected chi connectivity index (χ3v) is 4.30. The Balaban J connectivity index is 1.99. The van der Waals surface area contributed by atoms with Gasteiger partial charge >= 0.3 is 0 Å². The molecular weight excluding hydrogens is 344 g/mol. The number of nitrogens with one attached hydrogen (secondary N) is 1. The fourth-order valence-electron chi connectivity index (χ4n) is 2.74. The molecule has 2 amide bonds. The molecule has 0 aliphatic rings. The van der Waals surface area contributed by atoms with E-state index in [0.717, 1.165) is 12.1 Å². The summed E-state index contributed by atoms with van der Waals surface area (Å²) in [6, 6.07) is 12.8. The number of hydrogen-bond acceptors (Lipinski definition) is 4. The molecule has 1 N–H and O–H groups in total. The van der Waals surface area contributed by atoms with E-state index >= 15 is 0 Å². The molecular formula is C21H26N2O4. The monoisotopic (exact) mass is 370 g/mol. The van der Waals surface area contributed by atoms with Gasteiger partial charge in [-0.1, -0.05) is 19.1 Å². The van der Waals surface area contributed by atoms with E-state index in [-0.39, 0.29) is 11.8 Å². The van der Waals surface area contributed by atoms with Gasteiger partial charge in [0, 0.05) is 31.3 Å². The van der Waals surface area contributed by atoms with Gasteiger partial charge in [-0.15, -0.1) is 0 Å². The van der Waals surface area contributed by atoms with Crippen LogP contribution in [0, 0.1) is 0 Å². The molecule has 0 radical (unpaired) electrons. The molecule has 0 aliphatic carbocycles. The van der Waals surface area contributed by atoms with Gasteiger partial charge in [-0.05, 0) is 42.3 Å². The topological polar surface area (TPSA) is 67.9 Å². The molecule has 0 aliphatic heterocycles. The zero-order valence-corrected chi connectivity index (χ0v) is 16.2. The van der Waals surface area contributed by atoms with Crippen LogP contribution >= 0.6 is 0 Å². The minimum atomic E-state index is -0.235. The van der Waals surface area contributed by atoms with E-state index in [0.29, 0.717) is 30.2 Å². The van der Waals surface area contributed by atoms with Crippen LogP contribution in [0.25, 0.3) is 0 Å². The van der Waals surface area contributed by atoms with Crippen molar-refractivity contribution in [2.24, 2.45) is 0 Å². The summed E-state index contributed by atoms with van der Waals surface area (Å²) < 4.78 is 10.4. The minimum Gasteiger partial charge on any atom is -0.493 e. The van der Waals surface area contributed by atoms with Gasteiger partial charge in [0.15, 0.2) is 11.5 Å². The van der Waals surface area contributed by atoms with E-state index < -0.39 is 0 Å². The number of rotatable bonds is 8. The summed E-state index contributed by atoms with van der Waals surface area (Å²) in [5, 5.41) is 2.84. The van der Waals surface area contributed by atoms with Crippen molar-refractivity contribution >= 4 is 17.5 Å². The summed E-state index contributed by atoms with van der Waals surface area (Å²) in [7, 11) is 3.06. The molecule has 6 heteroatoms. The number of amides is 2. The number of methoxy groups -OCH3 is 2. The smallest absolute Gasteiger partial charge is 0.251 e. The Morgan fingerprint density at radius 1 is 1.00 bits per heavy atom. The van der Waals surface area contributed by atoms with Crippen LogP contribution in [0.2, 0.25) is 0 Å². The van der Waals surface area contributed by atoms with E-state index in [1.807, 2.05) is 24.3 Å². The van der Waals surface area contributed by atoms with Crippen LogP contribution in [0.5, 0.6) is 11.5 Å². The number of carbonyl (C=O) groups is 2. The second kappa shape index (κ2) is 9.62. The highest BCUT2D eigenvalue weighted by atomic mass is 16.5. The lowest BCUT2D eigenvalue weighted by Crippen LogP contribution is -2.37. The number of carbonyl (C=O) groups excluding carboxylic acids is 2. The molecule has 27 heavy (non-hydrogen) atoms. The first-order valence-electron chi connectivity index (χ1n) is 8.87. The number of hydrogen-bond donors (Lipinski definition) is 1. The first-order valence-corrected chi connectivity index (χ1v) is 8.87. The van der Waals surface area contributed by atoms with Crippen LogP contribution in [0.3, 0.4) is 0 Å². The Bertz CT molecular complexity index is 787. The largest absolute Gasteiger partial charge is 0.493 e. The van der Waals surface area contributed by atoms with E-state index in [4.69, 9.17) is 9.47 Å². The average Bonchev–Trinajstić information content (AvgIpc) is 2.70. The SMILES string of the molecule is CCc1ccc(N(CCNC(=O)c2ccc(OC)c(OC)c2)C(C)=O)cc1. The summed E-state index contributed by atoms with van der Waals surface area (Å²) in [4.78, 5) is 26.0. The molecule has 0 atom stereocenters. The highest BCUT2D eigenvalue weighted by molar-refractivity contribution is 5.95. The summed E-state index contributed by atoms with van der Waals surface area (Å²) in [5.74, 6) is 0.749. The number of benzene rings is 2. The zero-order chi connectivity index (χ0) is 19.8.